The normalized spacial score (nSPS) is 14.1. The van der Waals surface area contributed by atoms with E-state index in [1.54, 1.807) is 0 Å². The minimum Gasteiger partial charge on any atom is -0.456 e. The molecule has 0 fully saturated rings. The van der Waals surface area contributed by atoms with Crippen LogP contribution in [0, 0.1) is 0 Å². The monoisotopic (exact) mass is 1010 g/mol. The quantitative estimate of drug-likeness (QED) is 0.152. The third-order valence-corrected chi connectivity index (χ3v) is 17.8. The molecule has 4 heteroatoms. The SMILES string of the molecule is CC(C)c1ccc(N(c2ccc3c(c2)-c2ccccc2C3(C)C)c2ccc3cc4c(cc3c2)oc2ccc3oc5cc6cc(N(c7ccc(C(C)C)cc7)c7ccc8c(c7)-c7ccccc7C8(C)C)ccc6cc5c3c24)cc1. The topological polar surface area (TPSA) is 32.8 Å². The molecule has 2 heterocycles. The van der Waals surface area contributed by atoms with Crippen LogP contribution in [0.2, 0.25) is 0 Å². The lowest BCUT2D eigenvalue weighted by Gasteiger charge is -2.27. The van der Waals surface area contributed by atoms with E-state index in [-0.39, 0.29) is 10.8 Å². The van der Waals surface area contributed by atoms with E-state index in [9.17, 15) is 0 Å². The molecule has 0 aliphatic heterocycles. The lowest BCUT2D eigenvalue weighted by Crippen LogP contribution is -2.15. The summed E-state index contributed by atoms with van der Waals surface area (Å²) < 4.78 is 13.7. The van der Waals surface area contributed by atoms with Crippen molar-refractivity contribution in [2.75, 3.05) is 9.80 Å². The third kappa shape index (κ3) is 6.91. The predicted molar refractivity (Wildman–Crippen MR) is 329 cm³/mol. The van der Waals surface area contributed by atoms with Gasteiger partial charge in [0.15, 0.2) is 0 Å². The highest BCUT2D eigenvalue weighted by atomic mass is 16.3. The molecule has 2 aromatic heterocycles. The summed E-state index contributed by atoms with van der Waals surface area (Å²) >= 11 is 0. The second kappa shape index (κ2) is 16.8. The zero-order valence-corrected chi connectivity index (χ0v) is 45.5. The van der Waals surface area contributed by atoms with Gasteiger partial charge in [0.25, 0.3) is 0 Å². The maximum absolute atomic E-state index is 6.83. The highest BCUT2D eigenvalue weighted by Crippen LogP contribution is 2.53. The van der Waals surface area contributed by atoms with Gasteiger partial charge in [0, 0.05) is 66.5 Å². The van der Waals surface area contributed by atoms with Gasteiger partial charge in [-0.25, -0.2) is 0 Å². The van der Waals surface area contributed by atoms with E-state index in [1.165, 1.54) is 55.6 Å². The van der Waals surface area contributed by atoms with Crippen LogP contribution in [-0.4, -0.2) is 0 Å². The fourth-order valence-electron chi connectivity index (χ4n) is 13.5. The van der Waals surface area contributed by atoms with Gasteiger partial charge in [0.2, 0.25) is 0 Å². The molecule has 78 heavy (non-hydrogen) atoms. The predicted octanol–water partition coefficient (Wildman–Crippen LogP) is 21.6. The first-order chi connectivity index (χ1) is 37.8. The molecule has 0 N–H and O–H groups in total. The average molecular weight is 1010 g/mol. The van der Waals surface area contributed by atoms with Crippen LogP contribution in [0.15, 0.2) is 215 Å². The van der Waals surface area contributed by atoms with Crippen molar-refractivity contribution in [2.45, 2.75) is 78.1 Å². The van der Waals surface area contributed by atoms with Gasteiger partial charge in [0.05, 0.1) is 0 Å². The van der Waals surface area contributed by atoms with Crippen LogP contribution in [-0.2, 0) is 10.8 Å². The smallest absolute Gasteiger partial charge is 0.136 e. The molecule has 0 radical (unpaired) electrons. The molecule has 0 saturated carbocycles. The van der Waals surface area contributed by atoms with Gasteiger partial charge in [-0.15, -0.1) is 0 Å². The van der Waals surface area contributed by atoms with Gasteiger partial charge in [0.1, 0.15) is 22.3 Å². The molecule has 0 spiro atoms. The Labute approximate surface area is 455 Å². The van der Waals surface area contributed by atoms with Crippen LogP contribution in [0.4, 0.5) is 34.1 Å². The minimum absolute atomic E-state index is 0.0683. The van der Waals surface area contributed by atoms with Gasteiger partial charge in [-0.3, -0.25) is 0 Å². The molecule has 2 aliphatic rings. The van der Waals surface area contributed by atoms with Gasteiger partial charge in [-0.1, -0.05) is 152 Å². The molecule has 0 atom stereocenters. The molecule has 0 saturated heterocycles. The van der Waals surface area contributed by atoms with Gasteiger partial charge < -0.3 is 18.6 Å². The minimum atomic E-state index is -0.0683. The molecule has 4 nitrogen and oxygen atoms in total. The summed E-state index contributed by atoms with van der Waals surface area (Å²) in [5.41, 5.74) is 23.3. The molecular weight excluding hydrogens is 949 g/mol. The zero-order chi connectivity index (χ0) is 52.9. The Morgan fingerprint density at radius 3 is 1.08 bits per heavy atom. The summed E-state index contributed by atoms with van der Waals surface area (Å²) in [5.74, 6) is 0.883. The molecule has 0 unspecified atom stereocenters. The highest BCUT2D eigenvalue weighted by molar-refractivity contribution is 6.28. The van der Waals surface area contributed by atoms with Crippen LogP contribution in [0.3, 0.4) is 0 Å². The Hall–Kier alpha value is -8.86. The van der Waals surface area contributed by atoms with E-state index in [4.69, 9.17) is 8.83 Å². The number of benzene rings is 11. The first-order valence-electron chi connectivity index (χ1n) is 27.8. The third-order valence-electron chi connectivity index (χ3n) is 17.8. The lowest BCUT2D eigenvalue weighted by molar-refractivity contribution is 0.660. The van der Waals surface area contributed by atoms with Crippen molar-refractivity contribution in [3.8, 4) is 22.3 Å². The van der Waals surface area contributed by atoms with Gasteiger partial charge >= 0.3 is 0 Å². The summed E-state index contributed by atoms with van der Waals surface area (Å²) in [6.07, 6.45) is 0. The van der Waals surface area contributed by atoms with E-state index >= 15 is 0 Å². The van der Waals surface area contributed by atoms with Gasteiger partial charge in [-0.05, 0) is 198 Å². The van der Waals surface area contributed by atoms with Crippen molar-refractivity contribution in [3.05, 3.63) is 240 Å². The van der Waals surface area contributed by atoms with E-state index in [0.29, 0.717) is 11.8 Å². The standard InChI is InChI=1S/C74H60N2O2/c1-43(2)45-17-23-51(24-18-45)75(55-29-31-65-59(41-55)57-13-9-11-15-63(57)73(65,5)6)53-27-21-47-37-61-69(39-49(47)35-53)77-67-33-34-68-72(71(61)67)62-38-48-22-28-54(36-50(48)40-70(62)78-68)76(52-25-19-46(20-26-52)44(3)4)56-30-32-66-60(42-56)58-14-10-12-16-64(58)74(66,7)8/h9-44H,1-8H3. The number of hydrogen-bond donors (Lipinski definition) is 0. The fourth-order valence-corrected chi connectivity index (χ4v) is 13.5. The zero-order valence-electron chi connectivity index (χ0n) is 45.5. The van der Waals surface area contributed by atoms with Crippen molar-refractivity contribution < 1.29 is 8.83 Å². The van der Waals surface area contributed by atoms with E-state index in [2.05, 4.69) is 271 Å². The first-order valence-corrected chi connectivity index (χ1v) is 27.8. The molecular formula is C74H60N2O2. The maximum Gasteiger partial charge on any atom is 0.136 e. The largest absolute Gasteiger partial charge is 0.456 e. The highest BCUT2D eigenvalue weighted by Gasteiger charge is 2.37. The summed E-state index contributed by atoms with van der Waals surface area (Å²) in [5, 5.41) is 8.84. The summed E-state index contributed by atoms with van der Waals surface area (Å²) in [7, 11) is 0. The van der Waals surface area contributed by atoms with E-state index in [1.807, 2.05) is 0 Å². The van der Waals surface area contributed by atoms with Crippen molar-refractivity contribution >= 4 is 99.5 Å². The van der Waals surface area contributed by atoms with Crippen LogP contribution in [0.25, 0.3) is 87.7 Å². The van der Waals surface area contributed by atoms with Crippen LogP contribution in [0.1, 0.15) is 101 Å². The number of nitrogens with zero attached hydrogens (tertiary/aromatic N) is 2. The molecule has 13 aromatic rings. The molecule has 2 aliphatic carbocycles. The van der Waals surface area contributed by atoms with Crippen LogP contribution < -0.4 is 9.80 Å². The Morgan fingerprint density at radius 2 is 0.667 bits per heavy atom. The summed E-state index contributed by atoms with van der Waals surface area (Å²) in [6.45, 7) is 18.4. The number of hydrogen-bond acceptors (Lipinski definition) is 4. The summed E-state index contributed by atoms with van der Waals surface area (Å²) in [6, 6.07) is 77.0. The van der Waals surface area contributed by atoms with Crippen molar-refractivity contribution in [1.82, 2.24) is 0 Å². The Kier molecular flexibility index (Phi) is 10.0. The second-order valence-corrected chi connectivity index (χ2v) is 23.7. The first kappa shape index (κ1) is 46.4. The summed E-state index contributed by atoms with van der Waals surface area (Å²) in [4.78, 5) is 4.81. The average Bonchev–Trinajstić information content (AvgIpc) is 4.35. The second-order valence-electron chi connectivity index (χ2n) is 23.7. The maximum atomic E-state index is 6.83. The number of furan rings is 2. The van der Waals surface area contributed by atoms with Gasteiger partial charge in [-0.2, -0.15) is 0 Å². The molecule has 15 rings (SSSR count). The molecule has 0 bridgehead atoms. The number of rotatable bonds is 8. The lowest BCUT2D eigenvalue weighted by atomic mass is 9.82. The van der Waals surface area contributed by atoms with Crippen LogP contribution in [0.5, 0.6) is 0 Å². The Morgan fingerprint density at radius 1 is 0.308 bits per heavy atom. The number of fused-ring (bicyclic) bond motifs is 15. The van der Waals surface area contributed by atoms with Crippen molar-refractivity contribution in [3.63, 3.8) is 0 Å². The molecule has 378 valence electrons. The van der Waals surface area contributed by atoms with E-state index < -0.39 is 0 Å². The molecule has 11 aromatic carbocycles. The van der Waals surface area contributed by atoms with E-state index in [0.717, 1.165) is 99.5 Å². The Balaban J connectivity index is 0.838. The van der Waals surface area contributed by atoms with Crippen molar-refractivity contribution in [2.24, 2.45) is 0 Å². The van der Waals surface area contributed by atoms with Crippen molar-refractivity contribution in [1.29, 1.82) is 0 Å². The Bertz CT molecular complexity index is 4330. The fraction of sp³-hybridized carbons (Fsp3) is 0.162. The molecule has 0 amide bonds. The number of anilines is 6. The van der Waals surface area contributed by atoms with Crippen LogP contribution >= 0.6 is 0 Å².